The summed E-state index contributed by atoms with van der Waals surface area (Å²) < 4.78 is 60.4. The normalized spacial score (nSPS) is 12.2. The first-order valence-electron chi connectivity index (χ1n) is 4.28. The van der Waals surface area contributed by atoms with Crippen LogP contribution in [0.25, 0.3) is 0 Å². The summed E-state index contributed by atoms with van der Waals surface area (Å²) in [6, 6.07) is 0.970. The molecule has 1 aromatic carbocycles. The van der Waals surface area contributed by atoms with Gasteiger partial charge in [0.25, 0.3) is 14.7 Å². The third-order valence-corrected chi connectivity index (χ3v) is 3.39. The van der Waals surface area contributed by atoms with Gasteiger partial charge in [-0.3, -0.25) is 14.9 Å². The van der Waals surface area contributed by atoms with E-state index in [0.29, 0.717) is 12.1 Å². The van der Waals surface area contributed by atoms with Crippen molar-refractivity contribution in [2.45, 2.75) is 11.1 Å². The van der Waals surface area contributed by atoms with E-state index in [1.54, 1.807) is 0 Å². The second kappa shape index (κ2) is 4.78. The van der Waals surface area contributed by atoms with Crippen molar-refractivity contribution in [3.63, 3.8) is 0 Å². The van der Waals surface area contributed by atoms with Gasteiger partial charge in [0.05, 0.1) is 10.5 Å². The Morgan fingerprint density at radius 2 is 1.84 bits per heavy atom. The summed E-state index contributed by atoms with van der Waals surface area (Å²) in [4.78, 5) is 18.2. The van der Waals surface area contributed by atoms with E-state index in [9.17, 15) is 36.5 Å². The second-order valence-electron chi connectivity index (χ2n) is 3.19. The van der Waals surface area contributed by atoms with Gasteiger partial charge >= 0.3 is 6.18 Å². The Morgan fingerprint density at radius 1 is 1.32 bits per heavy atom. The highest BCUT2D eigenvalue weighted by atomic mass is 35.7. The molecular formula is C8H3ClF3NO5S. The summed E-state index contributed by atoms with van der Waals surface area (Å²) in [5.74, 6) is 0. The minimum atomic E-state index is -5.36. The van der Waals surface area contributed by atoms with Gasteiger partial charge in [0.2, 0.25) is 0 Å². The maximum Gasteiger partial charge on any atom is 0.424 e. The number of alkyl halides is 3. The Bertz CT molecular complexity index is 655. The van der Waals surface area contributed by atoms with Crippen molar-refractivity contribution in [2.75, 3.05) is 0 Å². The standard InChI is InChI=1S/C8H3ClF3NO5S/c9-19(17,18)5-2-1-4(3-14)7(13(15)16)6(5)8(10,11)12/h1-3H. The molecule has 0 fully saturated rings. The van der Waals surface area contributed by atoms with Gasteiger partial charge in [-0.1, -0.05) is 0 Å². The summed E-state index contributed by atoms with van der Waals surface area (Å²) in [6.45, 7) is 0. The van der Waals surface area contributed by atoms with Crippen molar-refractivity contribution < 1.29 is 31.3 Å². The van der Waals surface area contributed by atoms with E-state index in [1.165, 1.54) is 0 Å². The average Bonchev–Trinajstić information content (AvgIpc) is 2.24. The van der Waals surface area contributed by atoms with Gasteiger partial charge in [-0.25, -0.2) is 8.42 Å². The van der Waals surface area contributed by atoms with Crippen LogP contribution in [0.4, 0.5) is 18.9 Å². The lowest BCUT2D eigenvalue weighted by atomic mass is 10.1. The van der Waals surface area contributed by atoms with Crippen LogP contribution in [-0.2, 0) is 15.2 Å². The summed E-state index contributed by atoms with van der Waals surface area (Å²) in [5.41, 5.74) is -4.62. The third kappa shape index (κ3) is 3.01. The van der Waals surface area contributed by atoms with Crippen LogP contribution in [0.1, 0.15) is 15.9 Å². The zero-order chi connectivity index (χ0) is 15.0. The SMILES string of the molecule is O=Cc1ccc(S(=O)(=O)Cl)c(C(F)(F)F)c1[N+](=O)[O-]. The number of nitro groups is 1. The first-order chi connectivity index (χ1) is 8.50. The number of nitrogens with zero attached hydrogens (tertiary/aromatic N) is 1. The number of nitro benzene ring substituents is 1. The first-order valence-corrected chi connectivity index (χ1v) is 6.59. The molecule has 0 heterocycles. The van der Waals surface area contributed by atoms with E-state index in [0.717, 1.165) is 0 Å². The van der Waals surface area contributed by atoms with Crippen molar-refractivity contribution in [3.8, 4) is 0 Å². The molecule has 0 aromatic heterocycles. The van der Waals surface area contributed by atoms with Gasteiger partial charge in [-0.2, -0.15) is 13.2 Å². The number of hydrogen-bond acceptors (Lipinski definition) is 5. The summed E-state index contributed by atoms with van der Waals surface area (Å²) in [5, 5.41) is 10.6. The molecule has 0 N–H and O–H groups in total. The Morgan fingerprint density at radius 3 is 2.16 bits per heavy atom. The first kappa shape index (κ1) is 15.4. The van der Waals surface area contributed by atoms with E-state index < -0.39 is 41.9 Å². The minimum Gasteiger partial charge on any atom is -0.298 e. The Hall–Kier alpha value is -1.68. The van der Waals surface area contributed by atoms with Crippen LogP contribution in [0.3, 0.4) is 0 Å². The Kier molecular flexibility index (Phi) is 3.87. The molecule has 0 unspecified atom stereocenters. The molecule has 0 radical (unpaired) electrons. The number of rotatable bonds is 3. The topological polar surface area (TPSA) is 94.3 Å². The molecule has 0 atom stereocenters. The molecule has 0 aliphatic heterocycles. The van der Waals surface area contributed by atoms with Crippen molar-refractivity contribution in [2.24, 2.45) is 0 Å². The maximum atomic E-state index is 12.8. The van der Waals surface area contributed by atoms with E-state index in [-0.39, 0.29) is 6.29 Å². The van der Waals surface area contributed by atoms with Gasteiger partial charge < -0.3 is 0 Å². The molecule has 1 rings (SSSR count). The minimum absolute atomic E-state index is 0.183. The van der Waals surface area contributed by atoms with Crippen molar-refractivity contribution in [3.05, 3.63) is 33.4 Å². The smallest absolute Gasteiger partial charge is 0.298 e. The highest BCUT2D eigenvalue weighted by Gasteiger charge is 2.45. The number of benzene rings is 1. The zero-order valence-electron chi connectivity index (χ0n) is 8.64. The molecule has 11 heteroatoms. The fourth-order valence-electron chi connectivity index (χ4n) is 1.36. The van der Waals surface area contributed by atoms with Crippen molar-refractivity contribution in [1.82, 2.24) is 0 Å². The second-order valence-corrected chi connectivity index (χ2v) is 5.72. The molecule has 0 aliphatic carbocycles. The Balaban J connectivity index is 3.97. The lowest BCUT2D eigenvalue weighted by molar-refractivity contribution is -0.388. The van der Waals surface area contributed by atoms with E-state index in [2.05, 4.69) is 0 Å². The van der Waals surface area contributed by atoms with Crippen molar-refractivity contribution in [1.29, 1.82) is 0 Å². The lowest BCUT2D eigenvalue weighted by Gasteiger charge is -2.12. The summed E-state index contributed by atoms with van der Waals surface area (Å²) in [6.07, 6.45) is -5.54. The highest BCUT2D eigenvalue weighted by Crippen LogP contribution is 2.42. The van der Waals surface area contributed by atoms with Crippen LogP contribution in [0.2, 0.25) is 0 Å². The number of halogens is 4. The van der Waals surface area contributed by atoms with Gasteiger partial charge in [0.1, 0.15) is 4.90 Å². The van der Waals surface area contributed by atoms with Gasteiger partial charge in [0.15, 0.2) is 11.8 Å². The maximum absolute atomic E-state index is 12.8. The predicted octanol–water partition coefficient (Wildman–Crippen LogP) is 2.35. The predicted molar refractivity (Wildman–Crippen MR) is 56.5 cm³/mol. The van der Waals surface area contributed by atoms with Gasteiger partial charge in [-0.15, -0.1) is 0 Å². The highest BCUT2D eigenvalue weighted by molar-refractivity contribution is 8.13. The van der Waals surface area contributed by atoms with Crippen LogP contribution < -0.4 is 0 Å². The number of aldehydes is 1. The number of carbonyl (C=O) groups excluding carboxylic acids is 1. The van der Waals surface area contributed by atoms with E-state index in [1.807, 2.05) is 0 Å². The van der Waals surface area contributed by atoms with E-state index >= 15 is 0 Å². The average molecular weight is 318 g/mol. The van der Waals surface area contributed by atoms with Crippen LogP contribution in [0.15, 0.2) is 17.0 Å². The zero-order valence-corrected chi connectivity index (χ0v) is 10.2. The van der Waals surface area contributed by atoms with Crippen molar-refractivity contribution >= 4 is 31.7 Å². The number of carbonyl (C=O) groups is 1. The molecule has 0 saturated carbocycles. The van der Waals surface area contributed by atoms with E-state index in [4.69, 9.17) is 10.7 Å². The summed E-state index contributed by atoms with van der Waals surface area (Å²) >= 11 is 0. The fraction of sp³-hybridized carbons (Fsp3) is 0.125. The molecule has 0 spiro atoms. The van der Waals surface area contributed by atoms with Gasteiger partial charge in [-0.05, 0) is 12.1 Å². The molecule has 1 aromatic rings. The monoisotopic (exact) mass is 317 g/mol. The molecule has 0 bridgehead atoms. The molecule has 19 heavy (non-hydrogen) atoms. The van der Waals surface area contributed by atoms with Crippen LogP contribution >= 0.6 is 10.7 Å². The lowest BCUT2D eigenvalue weighted by Crippen LogP contribution is -2.15. The molecule has 0 saturated heterocycles. The Labute approximate surface area is 108 Å². The summed E-state index contributed by atoms with van der Waals surface area (Å²) in [7, 11) is -0.0625. The van der Waals surface area contributed by atoms with Crippen LogP contribution in [0, 0.1) is 10.1 Å². The quantitative estimate of drug-likeness (QED) is 0.369. The number of hydrogen-bond donors (Lipinski definition) is 0. The van der Waals surface area contributed by atoms with Crippen LogP contribution in [0.5, 0.6) is 0 Å². The molecule has 0 amide bonds. The molecule has 6 nitrogen and oxygen atoms in total. The molecular weight excluding hydrogens is 315 g/mol. The van der Waals surface area contributed by atoms with Crippen LogP contribution in [-0.4, -0.2) is 19.6 Å². The third-order valence-electron chi connectivity index (χ3n) is 2.03. The van der Waals surface area contributed by atoms with Gasteiger partial charge in [0, 0.05) is 10.7 Å². The fourth-order valence-corrected chi connectivity index (χ4v) is 2.43. The molecule has 104 valence electrons. The largest absolute Gasteiger partial charge is 0.424 e. The molecule has 0 aliphatic rings.